The van der Waals surface area contributed by atoms with Gasteiger partial charge in [-0.15, -0.1) is 0 Å². The van der Waals surface area contributed by atoms with Crippen LogP contribution in [0.2, 0.25) is 0 Å². The number of sulfonamides is 1. The summed E-state index contributed by atoms with van der Waals surface area (Å²) in [5.74, 6) is -2.54. The first-order valence-corrected chi connectivity index (χ1v) is 8.97. The van der Waals surface area contributed by atoms with E-state index >= 15 is 0 Å². The van der Waals surface area contributed by atoms with Crippen molar-refractivity contribution in [2.75, 3.05) is 7.11 Å². The highest BCUT2D eigenvalue weighted by Crippen LogP contribution is 2.45. The van der Waals surface area contributed by atoms with Gasteiger partial charge in [0.1, 0.15) is 0 Å². The van der Waals surface area contributed by atoms with Crippen molar-refractivity contribution in [3.8, 4) is 5.88 Å². The number of fused-ring (bicyclic) bond motifs is 2. The lowest BCUT2D eigenvalue weighted by molar-refractivity contribution is -0.0920. The Morgan fingerprint density at radius 2 is 2.00 bits per heavy atom. The molecule has 0 radical (unpaired) electrons. The molecule has 1 aromatic rings. The number of ether oxygens (including phenoxy) is 1. The van der Waals surface area contributed by atoms with E-state index in [2.05, 4.69) is 4.37 Å². The number of aromatic nitrogens is 1. The average molecular weight is 338 g/mol. The first-order valence-electron chi connectivity index (χ1n) is 6.75. The van der Waals surface area contributed by atoms with Crippen LogP contribution in [0.3, 0.4) is 0 Å². The van der Waals surface area contributed by atoms with E-state index in [-0.39, 0.29) is 10.1 Å². The third-order valence-electron chi connectivity index (χ3n) is 4.07. The van der Waals surface area contributed by atoms with Gasteiger partial charge in [0.25, 0.3) is 15.9 Å². The van der Waals surface area contributed by atoms with Gasteiger partial charge < -0.3 is 4.74 Å². The highest BCUT2D eigenvalue weighted by atomic mass is 32.2. The van der Waals surface area contributed by atoms with Crippen molar-refractivity contribution in [1.82, 2.24) is 8.68 Å². The van der Waals surface area contributed by atoms with Crippen molar-refractivity contribution in [1.29, 1.82) is 0 Å². The van der Waals surface area contributed by atoms with E-state index < -0.39 is 40.9 Å². The smallest absolute Gasteiger partial charge is 0.254 e. The maximum Gasteiger partial charge on any atom is 0.254 e. The van der Waals surface area contributed by atoms with Gasteiger partial charge in [-0.3, -0.25) is 0 Å². The molecule has 9 heteroatoms. The van der Waals surface area contributed by atoms with E-state index in [0.29, 0.717) is 12.8 Å². The molecule has 1 aromatic heterocycles. The average Bonchev–Trinajstić information content (AvgIpc) is 2.85. The molecule has 21 heavy (non-hydrogen) atoms. The fraction of sp³-hybridized carbons (Fsp3) is 0.750. The molecule has 3 rings (SSSR count). The summed E-state index contributed by atoms with van der Waals surface area (Å²) < 4.78 is 63.0. The lowest BCUT2D eigenvalue weighted by atomic mass is 9.85. The van der Waals surface area contributed by atoms with E-state index in [0.717, 1.165) is 18.0 Å². The molecule has 5 nitrogen and oxygen atoms in total. The number of rotatable bonds is 3. The zero-order valence-electron chi connectivity index (χ0n) is 11.5. The van der Waals surface area contributed by atoms with Crippen LogP contribution in [0.25, 0.3) is 0 Å². The molecule has 2 saturated heterocycles. The summed E-state index contributed by atoms with van der Waals surface area (Å²) in [7, 11) is -2.38. The minimum atomic E-state index is -3.78. The molecular weight excluding hydrogens is 322 g/mol. The predicted molar refractivity (Wildman–Crippen MR) is 73.3 cm³/mol. The van der Waals surface area contributed by atoms with Crippen LogP contribution in [0.1, 0.15) is 32.1 Å². The second-order valence-electron chi connectivity index (χ2n) is 5.53. The molecule has 3 heterocycles. The Hall–Kier alpha value is -0.800. The van der Waals surface area contributed by atoms with Crippen LogP contribution in [-0.4, -0.2) is 42.2 Å². The van der Waals surface area contributed by atoms with Gasteiger partial charge in [-0.2, -0.15) is 8.68 Å². The van der Waals surface area contributed by atoms with Gasteiger partial charge in [0.15, 0.2) is 4.21 Å². The van der Waals surface area contributed by atoms with Crippen LogP contribution in [0.4, 0.5) is 8.78 Å². The van der Waals surface area contributed by atoms with Crippen molar-refractivity contribution in [3.05, 3.63) is 6.07 Å². The van der Waals surface area contributed by atoms with Gasteiger partial charge >= 0.3 is 0 Å². The Balaban J connectivity index is 1.95. The maximum absolute atomic E-state index is 13.7. The van der Waals surface area contributed by atoms with E-state index in [9.17, 15) is 17.2 Å². The molecule has 0 amide bonds. The Morgan fingerprint density at radius 1 is 1.38 bits per heavy atom. The fourth-order valence-electron chi connectivity index (χ4n) is 3.26. The number of halogens is 2. The molecule has 0 saturated carbocycles. The third-order valence-corrected chi connectivity index (χ3v) is 7.27. The Bertz CT molecular complexity index is 616. The van der Waals surface area contributed by atoms with Crippen LogP contribution in [0, 0.1) is 0 Å². The van der Waals surface area contributed by atoms with Crippen molar-refractivity contribution in [3.63, 3.8) is 0 Å². The predicted octanol–water partition coefficient (Wildman–Crippen LogP) is 2.49. The fourth-order valence-corrected chi connectivity index (χ4v) is 6.07. The Labute approximate surface area is 126 Å². The zero-order chi connectivity index (χ0) is 15.3. The molecule has 118 valence electrons. The lowest BCUT2D eigenvalue weighted by Gasteiger charge is -2.47. The van der Waals surface area contributed by atoms with E-state index in [1.807, 2.05) is 0 Å². The Morgan fingerprint density at radius 3 is 2.52 bits per heavy atom. The lowest BCUT2D eigenvalue weighted by Crippen LogP contribution is -2.57. The van der Waals surface area contributed by atoms with Crippen LogP contribution >= 0.6 is 11.5 Å². The van der Waals surface area contributed by atoms with E-state index in [4.69, 9.17) is 4.74 Å². The SMILES string of the molecule is COc1cc(S(=O)(=O)N2C3CCCC2CC(F)(F)C3)sn1. The number of alkyl halides is 2. The summed E-state index contributed by atoms with van der Waals surface area (Å²) in [5, 5.41) is 0. The zero-order valence-corrected chi connectivity index (χ0v) is 13.1. The second-order valence-corrected chi connectivity index (χ2v) is 8.40. The van der Waals surface area contributed by atoms with Gasteiger partial charge in [0, 0.05) is 31.0 Å². The van der Waals surface area contributed by atoms with Crippen molar-refractivity contribution >= 4 is 21.6 Å². The first-order chi connectivity index (χ1) is 9.83. The largest absolute Gasteiger partial charge is 0.480 e. The Kier molecular flexibility index (Phi) is 3.69. The third kappa shape index (κ3) is 2.66. The van der Waals surface area contributed by atoms with E-state index in [1.54, 1.807) is 0 Å². The van der Waals surface area contributed by atoms with Gasteiger partial charge in [0.2, 0.25) is 5.88 Å². The second kappa shape index (κ2) is 5.13. The summed E-state index contributed by atoms with van der Waals surface area (Å²) in [6.45, 7) is 0. The van der Waals surface area contributed by atoms with E-state index in [1.165, 1.54) is 17.5 Å². The number of nitrogens with zero attached hydrogens (tertiary/aromatic N) is 2. The number of hydrogen-bond donors (Lipinski definition) is 0. The van der Waals surface area contributed by atoms with Gasteiger partial charge in [-0.05, 0) is 24.4 Å². The van der Waals surface area contributed by atoms with Crippen LogP contribution in [0.5, 0.6) is 5.88 Å². The molecular formula is C12H16F2N2O3S2. The van der Waals surface area contributed by atoms with Gasteiger partial charge in [-0.25, -0.2) is 17.2 Å². The standard InChI is InChI=1S/C12H16F2N2O3S2/c1-19-10-5-11(20-15-10)21(17,18)16-8-3-2-4-9(16)7-12(13,14)6-8/h5,8-9H,2-4,6-7H2,1H3. The highest BCUT2D eigenvalue weighted by molar-refractivity contribution is 7.91. The van der Waals surface area contributed by atoms with Crippen molar-refractivity contribution < 1.29 is 21.9 Å². The van der Waals surface area contributed by atoms with Crippen LogP contribution < -0.4 is 4.74 Å². The molecule has 0 aliphatic carbocycles. The van der Waals surface area contributed by atoms with Gasteiger partial charge in [0.05, 0.1) is 7.11 Å². The minimum Gasteiger partial charge on any atom is -0.480 e. The molecule has 0 aromatic carbocycles. The molecule has 2 fully saturated rings. The minimum absolute atomic E-state index is 0.0569. The summed E-state index contributed by atoms with van der Waals surface area (Å²) in [4.78, 5) is 0. The molecule has 2 bridgehead atoms. The topological polar surface area (TPSA) is 59.5 Å². The summed E-state index contributed by atoms with van der Waals surface area (Å²) >= 11 is 0.821. The summed E-state index contributed by atoms with van der Waals surface area (Å²) in [5.41, 5.74) is 0. The van der Waals surface area contributed by atoms with Crippen LogP contribution in [0.15, 0.2) is 10.3 Å². The number of hydrogen-bond acceptors (Lipinski definition) is 5. The first kappa shape index (κ1) is 15.1. The van der Waals surface area contributed by atoms with Gasteiger partial charge in [-0.1, -0.05) is 6.42 Å². The summed E-state index contributed by atoms with van der Waals surface area (Å²) in [6.07, 6.45) is 0.989. The maximum atomic E-state index is 13.7. The molecule has 2 unspecified atom stereocenters. The molecule has 2 aliphatic rings. The normalized spacial score (nSPS) is 29.3. The highest BCUT2D eigenvalue weighted by Gasteiger charge is 2.52. The van der Waals surface area contributed by atoms with Crippen molar-refractivity contribution in [2.24, 2.45) is 0 Å². The quantitative estimate of drug-likeness (QED) is 0.850. The molecule has 2 aliphatic heterocycles. The number of piperidine rings is 2. The summed E-state index contributed by atoms with van der Waals surface area (Å²) in [6, 6.07) is 0.110. The molecule has 0 N–H and O–H groups in total. The monoisotopic (exact) mass is 338 g/mol. The molecule has 0 spiro atoms. The molecule has 2 atom stereocenters. The van der Waals surface area contributed by atoms with Crippen molar-refractivity contribution in [2.45, 2.75) is 54.3 Å². The van der Waals surface area contributed by atoms with Crippen LogP contribution in [-0.2, 0) is 10.0 Å². The number of methoxy groups -OCH3 is 1.